The van der Waals surface area contributed by atoms with Gasteiger partial charge in [-0.05, 0) is 44.7 Å². The highest BCUT2D eigenvalue weighted by atomic mass is 32.2. The number of nitrogens with zero attached hydrogens (tertiary/aromatic N) is 1. The van der Waals surface area contributed by atoms with E-state index >= 15 is 0 Å². The third-order valence-corrected chi connectivity index (χ3v) is 3.40. The first-order valence-corrected chi connectivity index (χ1v) is 6.40. The molecule has 17 heavy (non-hydrogen) atoms. The van der Waals surface area contributed by atoms with Gasteiger partial charge >= 0.3 is 0 Å². The molecule has 4 heteroatoms. The van der Waals surface area contributed by atoms with Crippen molar-refractivity contribution in [2.75, 3.05) is 6.26 Å². The molecule has 0 saturated heterocycles. The van der Waals surface area contributed by atoms with Crippen LogP contribution in [0.5, 0.6) is 0 Å². The van der Waals surface area contributed by atoms with Crippen molar-refractivity contribution < 1.29 is 8.78 Å². The zero-order valence-corrected chi connectivity index (χ0v) is 11.2. The maximum absolute atomic E-state index is 13.1. The summed E-state index contributed by atoms with van der Waals surface area (Å²) in [7, 11) is 0. The Labute approximate surface area is 105 Å². The lowest BCUT2D eigenvalue weighted by Gasteiger charge is -2.04. The Morgan fingerprint density at radius 3 is 2.29 bits per heavy atom. The molecular weight excluding hydrogens is 240 g/mol. The number of hydrogen-bond donors (Lipinski definition) is 0. The van der Waals surface area contributed by atoms with Crippen molar-refractivity contribution >= 4 is 17.5 Å². The number of hydrogen-bond acceptors (Lipinski definition) is 2. The molecule has 1 rings (SSSR count). The molecule has 0 N–H and O–H groups in total. The Bertz CT molecular complexity index is 478. The molecule has 0 aliphatic rings. The summed E-state index contributed by atoms with van der Waals surface area (Å²) in [6.07, 6.45) is 1.97. The molecule has 0 radical (unpaired) electrons. The lowest BCUT2D eigenvalue weighted by atomic mass is 10.1. The first-order valence-electron chi connectivity index (χ1n) is 5.18. The molecule has 1 aromatic rings. The zero-order chi connectivity index (χ0) is 13.0. The molecule has 92 valence electrons. The second-order valence-electron chi connectivity index (χ2n) is 3.67. The Morgan fingerprint density at radius 1 is 1.12 bits per heavy atom. The van der Waals surface area contributed by atoms with E-state index in [9.17, 15) is 8.78 Å². The largest absolute Gasteiger partial charge is 0.257 e. The van der Waals surface area contributed by atoms with Gasteiger partial charge in [0.15, 0.2) is 11.6 Å². The highest BCUT2D eigenvalue weighted by molar-refractivity contribution is 8.02. The van der Waals surface area contributed by atoms with E-state index in [4.69, 9.17) is 0 Å². The van der Waals surface area contributed by atoms with Crippen molar-refractivity contribution in [3.05, 3.63) is 46.0 Å². The van der Waals surface area contributed by atoms with Crippen LogP contribution >= 0.6 is 11.8 Å². The normalized spacial score (nSPS) is 13.6. The minimum atomic E-state index is -0.847. The van der Waals surface area contributed by atoms with Crippen LogP contribution in [0.25, 0.3) is 0 Å². The van der Waals surface area contributed by atoms with E-state index < -0.39 is 11.6 Å². The maximum Gasteiger partial charge on any atom is 0.159 e. The van der Waals surface area contributed by atoms with Gasteiger partial charge in [0.05, 0.1) is 0 Å². The molecule has 0 saturated carbocycles. The summed E-state index contributed by atoms with van der Waals surface area (Å²) in [5.41, 5.74) is 2.16. The standard InChI is InChI=1S/C13H15F2NS/c1-8(10(3)17-4)16-9(2)11-5-6-12(14)13(15)7-11/h5-7H,1-4H3/b10-8-,16-9?. The van der Waals surface area contributed by atoms with Crippen LogP contribution in [0.1, 0.15) is 26.3 Å². The van der Waals surface area contributed by atoms with Crippen LogP contribution in [0.4, 0.5) is 8.78 Å². The molecular formula is C13H15F2NS. The summed E-state index contributed by atoms with van der Waals surface area (Å²) in [5, 5.41) is 0. The Balaban J connectivity index is 3.08. The van der Waals surface area contributed by atoms with Gasteiger partial charge in [-0.25, -0.2) is 8.78 Å². The van der Waals surface area contributed by atoms with Gasteiger partial charge in [-0.2, -0.15) is 0 Å². The fourth-order valence-electron chi connectivity index (χ4n) is 1.26. The van der Waals surface area contributed by atoms with Crippen molar-refractivity contribution in [3.63, 3.8) is 0 Å². The molecule has 0 aromatic heterocycles. The highest BCUT2D eigenvalue weighted by Gasteiger charge is 2.05. The minimum absolute atomic E-state index is 0.595. The molecule has 0 amide bonds. The van der Waals surface area contributed by atoms with E-state index in [1.807, 2.05) is 20.1 Å². The third kappa shape index (κ3) is 3.66. The summed E-state index contributed by atoms with van der Waals surface area (Å²) in [6.45, 7) is 5.65. The van der Waals surface area contributed by atoms with Gasteiger partial charge in [0.25, 0.3) is 0 Å². The SMILES string of the molecule is CS/C(C)=C(/C)N=C(C)c1ccc(F)c(F)c1. The molecule has 0 bridgehead atoms. The summed E-state index contributed by atoms with van der Waals surface area (Å²) in [5.74, 6) is -1.69. The highest BCUT2D eigenvalue weighted by Crippen LogP contribution is 2.18. The molecule has 1 aromatic carbocycles. The predicted octanol–water partition coefficient (Wildman–Crippen LogP) is 4.39. The van der Waals surface area contributed by atoms with Gasteiger partial charge in [0, 0.05) is 16.3 Å². The Kier molecular flexibility index (Phi) is 4.87. The smallest absolute Gasteiger partial charge is 0.159 e. The number of benzene rings is 1. The fraction of sp³-hybridized carbons (Fsp3) is 0.308. The zero-order valence-electron chi connectivity index (χ0n) is 10.3. The van der Waals surface area contributed by atoms with E-state index in [1.165, 1.54) is 6.07 Å². The molecule has 0 unspecified atom stereocenters. The topological polar surface area (TPSA) is 12.4 Å². The van der Waals surface area contributed by atoms with Gasteiger partial charge in [0.1, 0.15) is 0 Å². The van der Waals surface area contributed by atoms with Crippen molar-refractivity contribution in [1.82, 2.24) is 0 Å². The monoisotopic (exact) mass is 255 g/mol. The van der Waals surface area contributed by atoms with Crippen molar-refractivity contribution in [1.29, 1.82) is 0 Å². The molecule has 0 fully saturated rings. The number of allylic oxidation sites excluding steroid dienone is 2. The van der Waals surface area contributed by atoms with Crippen LogP contribution in [0.2, 0.25) is 0 Å². The van der Waals surface area contributed by atoms with E-state index in [1.54, 1.807) is 18.7 Å². The quantitative estimate of drug-likeness (QED) is 0.730. The first-order chi connectivity index (χ1) is 7.95. The fourth-order valence-corrected chi connectivity index (χ4v) is 1.60. The Hall–Kier alpha value is -1.16. The first kappa shape index (κ1) is 13.9. The van der Waals surface area contributed by atoms with Gasteiger partial charge in [-0.15, -0.1) is 11.8 Å². The van der Waals surface area contributed by atoms with Crippen LogP contribution in [0, 0.1) is 11.6 Å². The summed E-state index contributed by atoms with van der Waals surface area (Å²) < 4.78 is 25.8. The third-order valence-electron chi connectivity index (χ3n) is 2.49. The minimum Gasteiger partial charge on any atom is -0.257 e. The molecule has 0 heterocycles. The van der Waals surface area contributed by atoms with Crippen molar-refractivity contribution in [2.24, 2.45) is 4.99 Å². The summed E-state index contributed by atoms with van der Waals surface area (Å²) in [4.78, 5) is 5.48. The van der Waals surface area contributed by atoms with E-state index in [0.29, 0.717) is 11.3 Å². The number of aliphatic imine (C=N–C) groups is 1. The number of halogens is 2. The number of thioether (sulfide) groups is 1. The van der Waals surface area contributed by atoms with Crippen LogP contribution in [-0.4, -0.2) is 12.0 Å². The van der Waals surface area contributed by atoms with Gasteiger partial charge in [0.2, 0.25) is 0 Å². The Morgan fingerprint density at radius 2 is 1.76 bits per heavy atom. The molecule has 0 aliphatic carbocycles. The molecule has 0 aliphatic heterocycles. The van der Waals surface area contributed by atoms with Gasteiger partial charge in [-0.1, -0.05) is 6.07 Å². The average molecular weight is 255 g/mol. The lowest BCUT2D eigenvalue weighted by Crippen LogP contribution is -1.97. The second-order valence-corrected chi connectivity index (χ2v) is 4.69. The van der Waals surface area contributed by atoms with Crippen LogP contribution in [0.3, 0.4) is 0 Å². The number of rotatable bonds is 3. The van der Waals surface area contributed by atoms with E-state index in [0.717, 1.165) is 22.7 Å². The lowest BCUT2D eigenvalue weighted by molar-refractivity contribution is 0.508. The van der Waals surface area contributed by atoms with Gasteiger partial charge < -0.3 is 0 Å². The van der Waals surface area contributed by atoms with Crippen LogP contribution in [-0.2, 0) is 0 Å². The van der Waals surface area contributed by atoms with Crippen LogP contribution < -0.4 is 0 Å². The maximum atomic E-state index is 13.1. The van der Waals surface area contributed by atoms with Crippen molar-refractivity contribution in [3.8, 4) is 0 Å². The van der Waals surface area contributed by atoms with Crippen molar-refractivity contribution in [2.45, 2.75) is 20.8 Å². The average Bonchev–Trinajstić information content (AvgIpc) is 2.31. The molecule has 1 nitrogen and oxygen atoms in total. The summed E-state index contributed by atoms with van der Waals surface area (Å²) in [6, 6.07) is 3.80. The van der Waals surface area contributed by atoms with Gasteiger partial charge in [-0.3, -0.25) is 4.99 Å². The van der Waals surface area contributed by atoms with E-state index in [2.05, 4.69) is 4.99 Å². The molecule has 0 spiro atoms. The van der Waals surface area contributed by atoms with Crippen LogP contribution in [0.15, 0.2) is 33.8 Å². The van der Waals surface area contributed by atoms with E-state index in [-0.39, 0.29) is 0 Å². The predicted molar refractivity (Wildman–Crippen MR) is 70.5 cm³/mol. The summed E-state index contributed by atoms with van der Waals surface area (Å²) >= 11 is 1.61. The molecule has 0 atom stereocenters. The second kappa shape index (κ2) is 5.96.